The van der Waals surface area contributed by atoms with Crippen molar-refractivity contribution < 1.29 is 29.0 Å². The average Bonchev–Trinajstić information content (AvgIpc) is 2.85. The molecule has 1 N–H and O–H groups in total. The Hall–Kier alpha value is -2.37. The fraction of sp³-hybridized carbons (Fsp3) is 0.710. The zero-order valence-electron chi connectivity index (χ0n) is 23.7. The zero-order valence-corrected chi connectivity index (χ0v) is 23.7. The molecule has 0 aliphatic rings. The molecule has 0 atom stereocenters. The van der Waals surface area contributed by atoms with E-state index in [-0.39, 0.29) is 29.9 Å². The molecule has 1 aromatic rings. The van der Waals surface area contributed by atoms with Crippen LogP contribution in [0.25, 0.3) is 0 Å². The van der Waals surface area contributed by atoms with E-state index in [0.29, 0.717) is 0 Å². The number of carbonyl (C=O) groups is 3. The second-order valence-electron chi connectivity index (χ2n) is 11.0. The highest BCUT2D eigenvalue weighted by molar-refractivity contribution is 6.00. The zero-order chi connectivity index (χ0) is 27.5. The van der Waals surface area contributed by atoms with Gasteiger partial charge in [-0.05, 0) is 42.9 Å². The molecule has 0 amide bonds. The molecule has 0 heterocycles. The lowest BCUT2D eigenvalue weighted by atomic mass is 10.0. The summed E-state index contributed by atoms with van der Waals surface area (Å²) in [7, 11) is 0. The maximum absolute atomic E-state index is 12.5. The Morgan fingerprint density at radius 3 is 1.24 bits per heavy atom. The van der Waals surface area contributed by atoms with Crippen LogP contribution in [0.1, 0.15) is 149 Å². The minimum atomic E-state index is -1.21. The summed E-state index contributed by atoms with van der Waals surface area (Å²) in [5.41, 5.74) is -0.0203. The molecule has 0 bridgehead atoms. The van der Waals surface area contributed by atoms with Crippen LogP contribution < -0.4 is 0 Å². The van der Waals surface area contributed by atoms with Crippen molar-refractivity contribution in [3.8, 4) is 0 Å². The van der Waals surface area contributed by atoms with Crippen LogP contribution in [-0.2, 0) is 9.47 Å². The lowest BCUT2D eigenvalue weighted by molar-refractivity contribution is 0.0496. The minimum Gasteiger partial charge on any atom is -0.478 e. The standard InChI is InChI=1S/C31H50O6/c1-24(2)17-13-9-5-7-11-15-19-36-30(34)27-21-26(29(32)33)22-28(23-27)31(35)37-20-16-12-8-6-10-14-18-25(3)4/h21-25H,5-20H2,1-4H3,(H,32,33). The second kappa shape index (κ2) is 19.7. The Labute approximate surface area is 224 Å². The van der Waals surface area contributed by atoms with Crippen molar-refractivity contribution in [1.29, 1.82) is 0 Å². The van der Waals surface area contributed by atoms with Gasteiger partial charge < -0.3 is 14.6 Å². The minimum absolute atomic E-state index is 0.0573. The van der Waals surface area contributed by atoms with Gasteiger partial charge >= 0.3 is 17.9 Å². The molecule has 0 saturated carbocycles. The van der Waals surface area contributed by atoms with Crippen molar-refractivity contribution >= 4 is 17.9 Å². The number of rotatable bonds is 21. The van der Waals surface area contributed by atoms with E-state index in [4.69, 9.17) is 9.47 Å². The maximum Gasteiger partial charge on any atom is 0.338 e. The SMILES string of the molecule is CC(C)CCCCCCCCOC(=O)c1cc(C(=O)O)cc(C(=O)OCCCCCCCCC(C)C)c1. The fourth-order valence-electron chi connectivity index (χ4n) is 4.21. The topological polar surface area (TPSA) is 89.9 Å². The highest BCUT2D eigenvalue weighted by atomic mass is 16.5. The van der Waals surface area contributed by atoms with E-state index >= 15 is 0 Å². The van der Waals surface area contributed by atoms with Gasteiger partial charge in [-0.2, -0.15) is 0 Å². The van der Waals surface area contributed by atoms with E-state index in [0.717, 1.165) is 50.4 Å². The molecule has 0 aliphatic carbocycles. The summed E-state index contributed by atoms with van der Waals surface area (Å²) in [5, 5.41) is 9.42. The lowest BCUT2D eigenvalue weighted by Crippen LogP contribution is -2.13. The quantitative estimate of drug-likeness (QED) is 0.130. The van der Waals surface area contributed by atoms with Gasteiger partial charge in [0, 0.05) is 0 Å². The third-order valence-electron chi connectivity index (χ3n) is 6.47. The third kappa shape index (κ3) is 16.2. The van der Waals surface area contributed by atoms with Crippen LogP contribution in [0.2, 0.25) is 0 Å². The number of esters is 2. The highest BCUT2D eigenvalue weighted by Gasteiger charge is 2.17. The van der Waals surface area contributed by atoms with Gasteiger partial charge in [-0.1, -0.05) is 105 Å². The lowest BCUT2D eigenvalue weighted by Gasteiger charge is -2.09. The first-order chi connectivity index (χ1) is 17.7. The molecule has 210 valence electrons. The van der Waals surface area contributed by atoms with Crippen LogP contribution in [0.4, 0.5) is 0 Å². The van der Waals surface area contributed by atoms with Crippen LogP contribution in [-0.4, -0.2) is 36.2 Å². The van der Waals surface area contributed by atoms with Gasteiger partial charge in [-0.25, -0.2) is 14.4 Å². The number of carboxylic acids is 1. The summed E-state index contributed by atoms with van der Waals surface area (Å²) in [6.07, 6.45) is 15.6. The van der Waals surface area contributed by atoms with Crippen molar-refractivity contribution in [1.82, 2.24) is 0 Å². The van der Waals surface area contributed by atoms with E-state index in [1.54, 1.807) is 0 Å². The summed E-state index contributed by atoms with van der Waals surface area (Å²) in [6, 6.07) is 3.85. The van der Waals surface area contributed by atoms with Crippen LogP contribution in [0.3, 0.4) is 0 Å². The largest absolute Gasteiger partial charge is 0.478 e. The van der Waals surface area contributed by atoms with Crippen molar-refractivity contribution in [2.75, 3.05) is 13.2 Å². The third-order valence-corrected chi connectivity index (χ3v) is 6.47. The van der Waals surface area contributed by atoms with Gasteiger partial charge in [-0.15, -0.1) is 0 Å². The highest BCUT2D eigenvalue weighted by Crippen LogP contribution is 2.16. The molecule has 0 aliphatic heterocycles. The predicted octanol–water partition coefficient (Wildman–Crippen LogP) is 8.47. The Bertz CT molecular complexity index is 743. The van der Waals surface area contributed by atoms with Gasteiger partial charge in [0.05, 0.1) is 29.9 Å². The Morgan fingerprint density at radius 1 is 0.568 bits per heavy atom. The van der Waals surface area contributed by atoms with Crippen molar-refractivity contribution in [3.05, 3.63) is 34.9 Å². The number of hydrogen-bond donors (Lipinski definition) is 1. The Balaban J connectivity index is 2.40. The van der Waals surface area contributed by atoms with Crippen molar-refractivity contribution in [2.45, 2.75) is 118 Å². The van der Waals surface area contributed by atoms with Gasteiger partial charge in [0.1, 0.15) is 0 Å². The molecule has 6 heteroatoms. The smallest absolute Gasteiger partial charge is 0.338 e. The molecule has 1 aromatic carbocycles. The summed E-state index contributed by atoms with van der Waals surface area (Å²) in [6.45, 7) is 9.52. The predicted molar refractivity (Wildman–Crippen MR) is 148 cm³/mol. The van der Waals surface area contributed by atoms with Gasteiger partial charge in [0.2, 0.25) is 0 Å². The molecule has 0 radical (unpaired) electrons. The van der Waals surface area contributed by atoms with Crippen LogP contribution >= 0.6 is 0 Å². The Kier molecular flexibility index (Phi) is 17.4. The number of unbranched alkanes of at least 4 members (excludes halogenated alkanes) is 10. The summed E-state index contributed by atoms with van der Waals surface area (Å²) < 4.78 is 10.7. The number of ether oxygens (including phenoxy) is 2. The first-order valence-electron chi connectivity index (χ1n) is 14.4. The summed E-state index contributed by atoms with van der Waals surface area (Å²) in [5.74, 6) is -0.946. The van der Waals surface area contributed by atoms with Gasteiger partial charge in [0.15, 0.2) is 0 Å². The van der Waals surface area contributed by atoms with E-state index in [1.807, 2.05) is 0 Å². The van der Waals surface area contributed by atoms with Crippen LogP contribution in [0, 0.1) is 11.8 Å². The first-order valence-corrected chi connectivity index (χ1v) is 14.4. The molecule has 0 aromatic heterocycles. The first kappa shape index (κ1) is 32.7. The number of carboxylic acid groups (broad SMARTS) is 1. The molecule has 0 spiro atoms. The maximum atomic E-state index is 12.5. The number of aromatic carboxylic acids is 1. The van der Waals surface area contributed by atoms with Crippen molar-refractivity contribution in [2.24, 2.45) is 11.8 Å². The number of carbonyl (C=O) groups excluding carboxylic acids is 2. The molecule has 0 unspecified atom stereocenters. The van der Waals surface area contributed by atoms with Crippen LogP contribution in [0.15, 0.2) is 18.2 Å². The monoisotopic (exact) mass is 518 g/mol. The molecular weight excluding hydrogens is 468 g/mol. The second-order valence-corrected chi connectivity index (χ2v) is 11.0. The van der Waals surface area contributed by atoms with E-state index in [9.17, 15) is 19.5 Å². The summed E-state index contributed by atoms with van der Waals surface area (Å²) in [4.78, 5) is 36.6. The number of hydrogen-bond acceptors (Lipinski definition) is 5. The molecule has 37 heavy (non-hydrogen) atoms. The van der Waals surface area contributed by atoms with Crippen molar-refractivity contribution in [3.63, 3.8) is 0 Å². The normalized spacial score (nSPS) is 11.2. The van der Waals surface area contributed by atoms with Crippen LogP contribution in [0.5, 0.6) is 0 Å². The number of benzene rings is 1. The molecule has 0 fully saturated rings. The molecular formula is C31H50O6. The van der Waals surface area contributed by atoms with Gasteiger partial charge in [0.25, 0.3) is 0 Å². The average molecular weight is 519 g/mol. The summed E-state index contributed by atoms with van der Waals surface area (Å²) >= 11 is 0. The van der Waals surface area contributed by atoms with E-state index in [2.05, 4.69) is 27.7 Å². The Morgan fingerprint density at radius 2 is 0.892 bits per heavy atom. The van der Waals surface area contributed by atoms with Gasteiger partial charge in [-0.3, -0.25) is 0 Å². The van der Waals surface area contributed by atoms with E-state index < -0.39 is 17.9 Å². The molecule has 0 saturated heterocycles. The molecule has 6 nitrogen and oxygen atoms in total. The fourth-order valence-corrected chi connectivity index (χ4v) is 4.21. The molecule has 1 rings (SSSR count). The van der Waals surface area contributed by atoms with E-state index in [1.165, 1.54) is 69.6 Å².